The summed E-state index contributed by atoms with van der Waals surface area (Å²) in [6.07, 6.45) is 31.7. The molecule has 0 unspecified atom stereocenters. The Kier molecular flexibility index (Phi) is 16.2. The molecule has 0 spiro atoms. The summed E-state index contributed by atoms with van der Waals surface area (Å²) < 4.78 is 18.4. The molecule has 0 aliphatic heterocycles. The molecule has 2 aromatic carbocycles. The molecule has 6 fully saturated rings. The number of allylic oxidation sites excluding steroid dienone is 2. The van der Waals surface area contributed by atoms with Crippen molar-refractivity contribution < 1.29 is 23.8 Å². The molecule has 2 amide bonds. The average Bonchev–Trinajstić information content (AvgIpc) is 3.93. The molecule has 8 aliphatic carbocycles. The first-order valence-electron chi connectivity index (χ1n) is 31.1. The molecule has 7 nitrogen and oxygen atoms in total. The number of amides is 2. The first-order chi connectivity index (χ1) is 35.9. The van der Waals surface area contributed by atoms with Gasteiger partial charge in [-0.15, -0.1) is 0 Å². The Balaban J connectivity index is 0.654. The van der Waals surface area contributed by atoms with Crippen molar-refractivity contribution in [1.29, 1.82) is 0 Å². The fraction of sp³-hybridized carbons (Fsp3) is 0.735. The number of carbonyl (C=O) groups excluding carboxylic acids is 2. The van der Waals surface area contributed by atoms with Crippen molar-refractivity contribution in [2.45, 2.75) is 223 Å². The third kappa shape index (κ3) is 11.0. The van der Waals surface area contributed by atoms with Gasteiger partial charge in [-0.05, 0) is 231 Å². The van der Waals surface area contributed by atoms with Crippen LogP contribution in [0.1, 0.15) is 210 Å². The molecule has 6 saturated carbocycles. The first kappa shape index (κ1) is 54.6. The van der Waals surface area contributed by atoms with Crippen LogP contribution in [0.4, 0.5) is 21.0 Å². The van der Waals surface area contributed by atoms with E-state index >= 15 is 0 Å². The molecule has 2 N–H and O–H groups in total. The summed E-state index contributed by atoms with van der Waals surface area (Å²) in [5.41, 5.74) is 5.85. The maximum atomic E-state index is 13.3. The Morgan fingerprint density at radius 1 is 0.507 bits per heavy atom. The number of rotatable bonds is 16. The van der Waals surface area contributed by atoms with E-state index in [0.29, 0.717) is 33.7 Å². The van der Waals surface area contributed by atoms with E-state index in [0.717, 1.165) is 110 Å². The van der Waals surface area contributed by atoms with Crippen molar-refractivity contribution in [3.63, 3.8) is 0 Å². The van der Waals surface area contributed by atoms with Crippen LogP contribution < -0.4 is 15.4 Å². The van der Waals surface area contributed by atoms with Gasteiger partial charge in [-0.25, -0.2) is 9.59 Å². The second-order valence-electron chi connectivity index (χ2n) is 28.5. The van der Waals surface area contributed by atoms with E-state index in [9.17, 15) is 9.59 Å². The highest BCUT2D eigenvalue weighted by atomic mass is 16.6. The molecule has 0 saturated heterocycles. The number of fused-ring (bicyclic) bond motifs is 10. The topological polar surface area (TPSA) is 85.9 Å². The minimum absolute atomic E-state index is 0.0997. The molecule has 0 radical (unpaired) electrons. The number of anilines is 2. The Morgan fingerprint density at radius 2 is 0.907 bits per heavy atom. The number of benzene rings is 2. The summed E-state index contributed by atoms with van der Waals surface area (Å²) in [6, 6.07) is 14.8. The van der Waals surface area contributed by atoms with Crippen molar-refractivity contribution in [1.82, 2.24) is 0 Å². The van der Waals surface area contributed by atoms with Gasteiger partial charge in [-0.2, -0.15) is 0 Å². The van der Waals surface area contributed by atoms with Crippen LogP contribution in [0.5, 0.6) is 11.5 Å². The van der Waals surface area contributed by atoms with Gasteiger partial charge in [0.15, 0.2) is 0 Å². The summed E-state index contributed by atoms with van der Waals surface area (Å²) in [5.74, 6) is 11.1. The molecular formula is C68H100N2O5. The Bertz CT molecular complexity index is 2210. The van der Waals surface area contributed by atoms with Crippen LogP contribution in [0.15, 0.2) is 71.8 Å². The molecule has 75 heavy (non-hydrogen) atoms. The van der Waals surface area contributed by atoms with E-state index in [1.54, 1.807) is 11.1 Å². The molecular weight excluding hydrogens is 925 g/mol. The van der Waals surface area contributed by atoms with Gasteiger partial charge >= 0.3 is 12.2 Å². The maximum Gasteiger partial charge on any atom is 0.411 e. The van der Waals surface area contributed by atoms with Gasteiger partial charge in [-0.1, -0.05) is 131 Å². The predicted octanol–water partition coefficient (Wildman–Crippen LogP) is 19.4. The zero-order valence-corrected chi connectivity index (χ0v) is 48.5. The highest BCUT2D eigenvalue weighted by molar-refractivity contribution is 5.85. The molecule has 16 atom stereocenters. The van der Waals surface area contributed by atoms with Gasteiger partial charge in [-0.3, -0.25) is 10.6 Å². The molecule has 0 heterocycles. The van der Waals surface area contributed by atoms with Gasteiger partial charge < -0.3 is 14.2 Å². The average molecular weight is 1030 g/mol. The first-order valence-corrected chi connectivity index (χ1v) is 31.1. The zero-order chi connectivity index (χ0) is 52.9. The summed E-state index contributed by atoms with van der Waals surface area (Å²) in [5, 5.41) is 5.95. The predicted molar refractivity (Wildman–Crippen MR) is 307 cm³/mol. The quantitative estimate of drug-likeness (QED) is 0.164. The summed E-state index contributed by atoms with van der Waals surface area (Å²) in [7, 11) is 0. The number of hydrogen-bond donors (Lipinski definition) is 2. The fourth-order valence-corrected chi connectivity index (χ4v) is 19.5. The summed E-state index contributed by atoms with van der Waals surface area (Å²) in [6.45, 7) is 25.1. The van der Waals surface area contributed by atoms with E-state index in [4.69, 9.17) is 14.2 Å². The number of carbonyl (C=O) groups is 2. The Morgan fingerprint density at radius 3 is 1.29 bits per heavy atom. The molecule has 10 rings (SSSR count). The molecule has 0 bridgehead atoms. The van der Waals surface area contributed by atoms with E-state index in [1.165, 1.54) is 103 Å². The lowest BCUT2D eigenvalue weighted by Crippen LogP contribution is -2.51. The minimum Gasteiger partial charge on any atom is -0.457 e. The molecule has 2 aromatic rings. The molecule has 7 heteroatoms. The smallest absolute Gasteiger partial charge is 0.411 e. The fourth-order valence-electron chi connectivity index (χ4n) is 19.5. The van der Waals surface area contributed by atoms with E-state index in [1.807, 2.05) is 48.5 Å². The van der Waals surface area contributed by atoms with Gasteiger partial charge in [0.05, 0.1) is 0 Å². The van der Waals surface area contributed by atoms with Crippen LogP contribution in [-0.2, 0) is 9.47 Å². The van der Waals surface area contributed by atoms with Gasteiger partial charge in [0.1, 0.15) is 23.7 Å². The van der Waals surface area contributed by atoms with Crippen molar-refractivity contribution >= 4 is 23.6 Å². The Labute approximate surface area is 454 Å². The van der Waals surface area contributed by atoms with Crippen LogP contribution >= 0.6 is 0 Å². The lowest BCUT2D eigenvalue weighted by atomic mass is 9.47. The zero-order valence-electron chi connectivity index (χ0n) is 48.5. The van der Waals surface area contributed by atoms with Crippen molar-refractivity contribution in [2.75, 3.05) is 10.6 Å². The van der Waals surface area contributed by atoms with Crippen LogP contribution in [0.2, 0.25) is 0 Å². The largest absolute Gasteiger partial charge is 0.457 e. The third-order valence-corrected chi connectivity index (χ3v) is 23.5. The van der Waals surface area contributed by atoms with Crippen LogP contribution in [0.25, 0.3) is 0 Å². The monoisotopic (exact) mass is 1020 g/mol. The number of nitrogens with one attached hydrogen (secondary N) is 2. The minimum atomic E-state index is -0.395. The van der Waals surface area contributed by atoms with Crippen LogP contribution in [-0.4, -0.2) is 24.4 Å². The van der Waals surface area contributed by atoms with Gasteiger partial charge in [0.25, 0.3) is 0 Å². The van der Waals surface area contributed by atoms with E-state index < -0.39 is 12.2 Å². The summed E-state index contributed by atoms with van der Waals surface area (Å²) >= 11 is 0. The summed E-state index contributed by atoms with van der Waals surface area (Å²) in [4.78, 5) is 26.6. The van der Waals surface area contributed by atoms with Crippen LogP contribution in [0.3, 0.4) is 0 Å². The van der Waals surface area contributed by atoms with Gasteiger partial charge in [0.2, 0.25) is 0 Å². The third-order valence-electron chi connectivity index (χ3n) is 23.5. The second-order valence-corrected chi connectivity index (χ2v) is 28.5. The maximum absolute atomic E-state index is 13.3. The normalized spacial score (nSPS) is 37.5. The highest BCUT2D eigenvalue weighted by Gasteiger charge is 2.61. The second kappa shape index (κ2) is 22.2. The lowest BCUT2D eigenvalue weighted by molar-refractivity contribution is -0.0577. The molecule has 8 aliphatic rings. The highest BCUT2D eigenvalue weighted by Crippen LogP contribution is 2.69. The number of ether oxygens (including phenoxy) is 3. The van der Waals surface area contributed by atoms with E-state index in [2.05, 4.69) is 92.0 Å². The Hall–Kier alpha value is -3.74. The van der Waals surface area contributed by atoms with Gasteiger partial charge in [0, 0.05) is 24.2 Å². The number of hydrogen-bond acceptors (Lipinski definition) is 5. The SMILES string of the molecule is CC(C)CCC[C@@H](C)[C@H]1CC[C@H]2[C@@H]3CC=C4C[C@@H](OC(=O)Nc5ccc(Oc6ccc(NC(=O)O[C@H]7CC[C@@]8(C)C(=CC[C@H]9[C@@H]%10CC[C@H]([C@H](C)CCCC(C)C)[C@@]%10(C)CC[C@@H]98)C7)cc6)cc5)CC[C@]4(C)[C@H]3CC[C@]12C. The van der Waals surface area contributed by atoms with Crippen molar-refractivity contribution in [3.05, 3.63) is 71.8 Å². The van der Waals surface area contributed by atoms with Crippen molar-refractivity contribution in [3.8, 4) is 11.5 Å². The van der Waals surface area contributed by atoms with Crippen LogP contribution in [0, 0.1) is 92.7 Å². The van der Waals surface area contributed by atoms with E-state index in [-0.39, 0.29) is 23.0 Å². The molecule has 0 aromatic heterocycles. The molecule has 412 valence electrons. The van der Waals surface area contributed by atoms with Crippen molar-refractivity contribution in [2.24, 2.45) is 92.7 Å². The standard InChI is InChI=1S/C68H100N2O5/c1-43(2)13-11-15-45(5)57-29-31-59-55-27-17-47-41-53(33-37-65(47,7)61(55)35-39-67(57,59)9)74-63(71)69-49-19-23-51(24-20-49)73-52-25-21-50(22-26-52)70-64(72)75-54-34-38-66(8)48(42-54)18-28-56-60-32-30-58(46(6)16-12-14-44(3)4)68(60,10)40-36-62(56)66/h17-26,43-46,53-62H,11-16,27-42H2,1-10H3,(H,69,71)(H,70,72)/t45-,46-,53+,54+,55+,56+,57-,58-,59+,60+,61+,62+,65+,66+,67-,68-/m1/s1. The lowest BCUT2D eigenvalue weighted by Gasteiger charge is -2.58.